The molecule has 1 N–H and O–H groups in total. The second-order valence-electron chi connectivity index (χ2n) is 16.1. The van der Waals surface area contributed by atoms with Gasteiger partial charge < -0.3 is 10.1 Å². The van der Waals surface area contributed by atoms with Crippen LogP contribution in [0.3, 0.4) is 0 Å². The lowest BCUT2D eigenvalue weighted by atomic mass is 9.43. The van der Waals surface area contributed by atoms with Crippen molar-refractivity contribution in [3.63, 3.8) is 0 Å². The van der Waals surface area contributed by atoms with Crippen molar-refractivity contribution in [2.75, 3.05) is 0 Å². The first kappa shape index (κ1) is 27.7. The minimum atomic E-state index is 0.600. The van der Waals surface area contributed by atoms with Crippen molar-refractivity contribution in [2.45, 2.75) is 191 Å². The average Bonchev–Trinajstić information content (AvgIpc) is 3.01. The van der Waals surface area contributed by atoms with E-state index in [0.717, 1.165) is 47.6 Å². The summed E-state index contributed by atoms with van der Waals surface area (Å²) in [5, 5.41) is 4.38. The van der Waals surface area contributed by atoms with Crippen LogP contribution in [0, 0.1) is 40.9 Å². The van der Waals surface area contributed by atoms with Gasteiger partial charge in [0.05, 0.1) is 12.2 Å². The number of nitrogens with one attached hydrogen (secondary N) is 1. The summed E-state index contributed by atoms with van der Waals surface area (Å²) in [5.41, 5.74) is 0.605. The molecule has 2 nitrogen and oxygen atoms in total. The number of rotatable bonds is 5. The van der Waals surface area contributed by atoms with Crippen LogP contribution in [0.4, 0.5) is 0 Å². The molecule has 7 rings (SSSR count). The van der Waals surface area contributed by atoms with E-state index in [4.69, 9.17) is 4.74 Å². The van der Waals surface area contributed by atoms with Gasteiger partial charge in [-0.05, 0) is 124 Å². The maximum absolute atomic E-state index is 7.12. The Morgan fingerprint density at radius 2 is 0.949 bits per heavy atom. The van der Waals surface area contributed by atoms with Gasteiger partial charge in [0, 0.05) is 12.1 Å². The van der Waals surface area contributed by atoms with E-state index in [1.807, 2.05) is 0 Å². The molecule has 0 aromatic heterocycles. The van der Waals surface area contributed by atoms with Gasteiger partial charge in [0.15, 0.2) is 0 Å². The van der Waals surface area contributed by atoms with Gasteiger partial charge >= 0.3 is 0 Å². The van der Waals surface area contributed by atoms with Crippen molar-refractivity contribution in [3.8, 4) is 0 Å². The predicted molar refractivity (Wildman–Crippen MR) is 163 cm³/mol. The number of hydrogen-bond donors (Lipinski definition) is 1. The zero-order valence-electron chi connectivity index (χ0n) is 25.6. The number of hydrogen-bond acceptors (Lipinski definition) is 2. The molecular formula is C37H63NO. The standard InChI is InChI=1S/C37H63NO/c1-3-12-27(13-4-1)28-22-24-31(25-23-28)38-32-17-11-16-30(26-32)37(29-14-5-2-6-15-29)33-18-7-9-20-35(33)39-36-21-10-8-19-34(36)37/h27-36,38H,1-26H2. The molecule has 6 saturated carbocycles. The Kier molecular flexibility index (Phi) is 9.00. The van der Waals surface area contributed by atoms with Crippen molar-refractivity contribution in [3.05, 3.63) is 0 Å². The summed E-state index contributed by atoms with van der Waals surface area (Å²) in [7, 11) is 0. The van der Waals surface area contributed by atoms with Crippen LogP contribution in [0.1, 0.15) is 167 Å². The lowest BCUT2D eigenvalue weighted by Crippen LogP contribution is -2.64. The first-order valence-corrected chi connectivity index (χ1v) is 18.7. The smallest absolute Gasteiger partial charge is 0.0612 e. The molecular weight excluding hydrogens is 474 g/mol. The van der Waals surface area contributed by atoms with Gasteiger partial charge in [0.2, 0.25) is 0 Å². The van der Waals surface area contributed by atoms with E-state index < -0.39 is 0 Å². The fourth-order valence-corrected chi connectivity index (χ4v) is 12.8. The second kappa shape index (κ2) is 12.7. The van der Waals surface area contributed by atoms with Gasteiger partial charge in [0.25, 0.3) is 0 Å². The third-order valence-corrected chi connectivity index (χ3v) is 14.3. The third kappa shape index (κ3) is 5.55. The minimum Gasteiger partial charge on any atom is -0.374 e. The van der Waals surface area contributed by atoms with Crippen LogP contribution in [0.2, 0.25) is 0 Å². The Bertz CT molecular complexity index is 737. The zero-order valence-corrected chi connectivity index (χ0v) is 25.6. The van der Waals surface area contributed by atoms with Crippen LogP contribution >= 0.6 is 0 Å². The van der Waals surface area contributed by atoms with Crippen molar-refractivity contribution < 1.29 is 4.74 Å². The monoisotopic (exact) mass is 537 g/mol. The van der Waals surface area contributed by atoms with Crippen LogP contribution in [0.15, 0.2) is 0 Å². The lowest BCUT2D eigenvalue weighted by molar-refractivity contribution is -0.254. The van der Waals surface area contributed by atoms with Gasteiger partial charge in [-0.2, -0.15) is 0 Å². The van der Waals surface area contributed by atoms with Crippen molar-refractivity contribution in [1.82, 2.24) is 5.32 Å². The van der Waals surface area contributed by atoms with Crippen LogP contribution in [-0.4, -0.2) is 24.3 Å². The summed E-state index contributed by atoms with van der Waals surface area (Å²) in [5.74, 6) is 5.86. The fourth-order valence-electron chi connectivity index (χ4n) is 12.8. The first-order valence-electron chi connectivity index (χ1n) is 18.7. The largest absolute Gasteiger partial charge is 0.374 e. The molecule has 6 unspecified atom stereocenters. The van der Waals surface area contributed by atoms with E-state index in [1.54, 1.807) is 25.7 Å². The molecule has 0 bridgehead atoms. The summed E-state index contributed by atoms with van der Waals surface area (Å²) in [6.45, 7) is 0. The average molecular weight is 538 g/mol. The summed E-state index contributed by atoms with van der Waals surface area (Å²) >= 11 is 0. The van der Waals surface area contributed by atoms with Crippen molar-refractivity contribution in [2.24, 2.45) is 40.9 Å². The molecule has 7 aliphatic rings. The second-order valence-corrected chi connectivity index (χ2v) is 16.1. The lowest BCUT2D eigenvalue weighted by Gasteiger charge is -2.66. The topological polar surface area (TPSA) is 21.3 Å². The van der Waals surface area contributed by atoms with E-state index in [0.29, 0.717) is 17.6 Å². The molecule has 0 amide bonds. The Labute approximate surface area is 241 Å². The molecule has 7 fully saturated rings. The molecule has 1 aliphatic heterocycles. The SMILES string of the molecule is C1CCC(C2CCC(NC3CCCC(C4(C5CCCCC5)C5CCCCC5OC5CCCCC54)C3)CC2)CC1. The summed E-state index contributed by atoms with van der Waals surface area (Å²) in [6, 6.07) is 1.62. The van der Waals surface area contributed by atoms with E-state index in [9.17, 15) is 0 Å². The molecule has 6 atom stereocenters. The quantitative estimate of drug-likeness (QED) is 0.377. The minimum absolute atomic E-state index is 0.600. The van der Waals surface area contributed by atoms with Crippen LogP contribution in [-0.2, 0) is 4.74 Å². The van der Waals surface area contributed by atoms with Gasteiger partial charge in [-0.15, -0.1) is 0 Å². The number of fused-ring (bicyclic) bond motifs is 2. The first-order chi connectivity index (χ1) is 19.3. The summed E-state index contributed by atoms with van der Waals surface area (Å²) in [4.78, 5) is 0. The van der Waals surface area contributed by atoms with Crippen LogP contribution < -0.4 is 5.32 Å². The summed E-state index contributed by atoms with van der Waals surface area (Å²) in [6.07, 6.45) is 40.0. The predicted octanol–water partition coefficient (Wildman–Crippen LogP) is 9.99. The fraction of sp³-hybridized carbons (Fsp3) is 1.00. The highest BCUT2D eigenvalue weighted by molar-refractivity contribution is 5.11. The van der Waals surface area contributed by atoms with Gasteiger partial charge in [0.1, 0.15) is 0 Å². The molecule has 0 aromatic carbocycles. The van der Waals surface area contributed by atoms with Crippen LogP contribution in [0.5, 0.6) is 0 Å². The maximum Gasteiger partial charge on any atom is 0.0612 e. The highest BCUT2D eigenvalue weighted by Crippen LogP contribution is 2.66. The van der Waals surface area contributed by atoms with E-state index in [1.165, 1.54) is 141 Å². The maximum atomic E-state index is 7.12. The van der Waals surface area contributed by atoms with Gasteiger partial charge in [-0.25, -0.2) is 0 Å². The van der Waals surface area contributed by atoms with Gasteiger partial charge in [-0.1, -0.05) is 83.5 Å². The van der Waals surface area contributed by atoms with Crippen molar-refractivity contribution >= 4 is 0 Å². The molecule has 2 heteroatoms. The molecule has 0 spiro atoms. The summed E-state index contributed by atoms with van der Waals surface area (Å²) < 4.78 is 7.12. The molecule has 222 valence electrons. The number of ether oxygens (including phenoxy) is 1. The van der Waals surface area contributed by atoms with E-state index >= 15 is 0 Å². The van der Waals surface area contributed by atoms with Crippen LogP contribution in [0.25, 0.3) is 0 Å². The molecule has 1 heterocycles. The van der Waals surface area contributed by atoms with Crippen molar-refractivity contribution in [1.29, 1.82) is 0 Å². The Balaban J connectivity index is 1.09. The van der Waals surface area contributed by atoms with Gasteiger partial charge in [-0.3, -0.25) is 0 Å². The third-order valence-electron chi connectivity index (χ3n) is 14.3. The van der Waals surface area contributed by atoms with E-state index in [2.05, 4.69) is 5.32 Å². The molecule has 6 aliphatic carbocycles. The Morgan fingerprint density at radius 3 is 1.62 bits per heavy atom. The Hall–Kier alpha value is -0.0800. The Morgan fingerprint density at radius 1 is 0.410 bits per heavy atom. The molecule has 0 aromatic rings. The molecule has 39 heavy (non-hydrogen) atoms. The highest BCUT2D eigenvalue weighted by atomic mass is 16.5. The molecule has 0 radical (unpaired) electrons. The highest BCUT2D eigenvalue weighted by Gasteiger charge is 2.62. The normalized spacial score (nSPS) is 46.8. The zero-order chi connectivity index (χ0) is 26.1. The molecule has 1 saturated heterocycles. The van der Waals surface area contributed by atoms with E-state index in [-0.39, 0.29) is 0 Å².